The highest BCUT2D eigenvalue weighted by Crippen LogP contribution is 2.07. The number of hydrogen-bond acceptors (Lipinski definition) is 4. The lowest BCUT2D eigenvalue weighted by atomic mass is 10.7. The van der Waals surface area contributed by atoms with Crippen LogP contribution in [0.2, 0.25) is 0 Å². The molecule has 0 bridgehead atoms. The fraction of sp³-hybridized carbons (Fsp3) is 0. The summed E-state index contributed by atoms with van der Waals surface area (Å²) in [5.74, 6) is -0.153. The van der Waals surface area contributed by atoms with E-state index in [9.17, 15) is 0 Å². The second-order valence-corrected chi connectivity index (χ2v) is 1.05. The number of aromatic amines is 1. The molecule has 0 spiro atoms. The molecule has 0 aromatic carbocycles. The Bertz CT molecular complexity index is 142. The highest BCUT2D eigenvalue weighted by Gasteiger charge is 1.94. The van der Waals surface area contributed by atoms with Gasteiger partial charge in [0.25, 0.3) is 5.88 Å². The van der Waals surface area contributed by atoms with E-state index >= 15 is 0 Å². The van der Waals surface area contributed by atoms with Crippen LogP contribution in [-0.4, -0.2) is 20.5 Å². The Balaban J connectivity index is 3.12. The normalized spacial score (nSPS) is 9.14. The molecule has 1 heterocycles. The molecule has 0 amide bonds. The molecule has 7 heavy (non-hydrogen) atoms. The third kappa shape index (κ3) is 0.466. The Morgan fingerprint density at radius 2 is 2.43 bits per heavy atom. The van der Waals surface area contributed by atoms with Crippen molar-refractivity contribution in [3.05, 3.63) is 0 Å². The van der Waals surface area contributed by atoms with Gasteiger partial charge in [-0.1, -0.05) is 10.3 Å². The number of nitrogens with one attached hydrogen (secondary N) is 1. The Labute approximate surface area is 39.2 Å². The average molecular weight is 100 g/mol. The number of nitrogens with two attached hydrogens (primary N) is 1. The number of H-pyrrole nitrogens is 1. The van der Waals surface area contributed by atoms with E-state index in [-0.39, 0.29) is 11.7 Å². The predicted molar refractivity (Wildman–Crippen MR) is 22.5 cm³/mol. The van der Waals surface area contributed by atoms with Crippen molar-refractivity contribution in [2.75, 3.05) is 5.73 Å². The number of aromatic hydroxyl groups is 1. The van der Waals surface area contributed by atoms with Crippen LogP contribution < -0.4 is 5.73 Å². The third-order valence-electron chi connectivity index (χ3n) is 0.556. The molecule has 38 valence electrons. The zero-order chi connectivity index (χ0) is 5.28. The SMILES string of the molecule is Nc1[nH]nnc1O. The molecule has 1 aromatic rings. The van der Waals surface area contributed by atoms with E-state index in [4.69, 9.17) is 10.8 Å². The molecule has 0 saturated heterocycles. The first kappa shape index (κ1) is 3.91. The highest BCUT2D eigenvalue weighted by atomic mass is 16.3. The zero-order valence-corrected chi connectivity index (χ0v) is 3.42. The van der Waals surface area contributed by atoms with E-state index in [2.05, 4.69) is 15.4 Å². The fourth-order valence-corrected chi connectivity index (χ4v) is 0.230. The summed E-state index contributed by atoms with van der Waals surface area (Å²) in [7, 11) is 0. The average Bonchev–Trinajstić information content (AvgIpc) is 1.91. The predicted octanol–water partition coefficient (Wildman–Crippen LogP) is -0.908. The third-order valence-corrected chi connectivity index (χ3v) is 0.556. The maximum atomic E-state index is 8.43. The molecule has 0 radical (unpaired) electrons. The van der Waals surface area contributed by atoms with E-state index in [1.54, 1.807) is 0 Å². The maximum absolute atomic E-state index is 8.43. The van der Waals surface area contributed by atoms with Crippen molar-refractivity contribution in [1.82, 2.24) is 15.4 Å². The summed E-state index contributed by atoms with van der Waals surface area (Å²) in [6.45, 7) is 0. The van der Waals surface area contributed by atoms with E-state index < -0.39 is 0 Å². The molecule has 1 rings (SSSR count). The van der Waals surface area contributed by atoms with Crippen molar-refractivity contribution >= 4 is 5.82 Å². The van der Waals surface area contributed by atoms with Crippen LogP contribution in [0, 0.1) is 0 Å². The minimum absolute atomic E-state index is 0.0972. The van der Waals surface area contributed by atoms with Gasteiger partial charge >= 0.3 is 0 Å². The molecule has 5 nitrogen and oxygen atoms in total. The van der Waals surface area contributed by atoms with Gasteiger partial charge in [0.1, 0.15) is 0 Å². The lowest BCUT2D eigenvalue weighted by Gasteiger charge is -1.76. The van der Waals surface area contributed by atoms with E-state index in [1.807, 2.05) is 0 Å². The van der Waals surface area contributed by atoms with Gasteiger partial charge < -0.3 is 10.8 Å². The number of aromatic nitrogens is 3. The summed E-state index contributed by atoms with van der Waals surface area (Å²) in [4.78, 5) is 0. The summed E-state index contributed by atoms with van der Waals surface area (Å²) in [5.41, 5.74) is 5.01. The molecule has 0 aliphatic carbocycles. The molecule has 0 fully saturated rings. The van der Waals surface area contributed by atoms with Gasteiger partial charge in [-0.2, -0.15) is 0 Å². The van der Waals surface area contributed by atoms with Crippen LogP contribution in [0.5, 0.6) is 5.88 Å². The molecule has 0 aliphatic heterocycles. The summed E-state index contributed by atoms with van der Waals surface area (Å²) in [6, 6.07) is 0. The van der Waals surface area contributed by atoms with Crippen LogP contribution in [0.4, 0.5) is 5.82 Å². The van der Waals surface area contributed by atoms with Crippen LogP contribution >= 0.6 is 0 Å². The van der Waals surface area contributed by atoms with Crippen LogP contribution in [0.15, 0.2) is 0 Å². The first-order chi connectivity index (χ1) is 3.30. The second-order valence-electron chi connectivity index (χ2n) is 1.05. The monoisotopic (exact) mass is 100 g/mol. The number of rotatable bonds is 0. The van der Waals surface area contributed by atoms with Crippen molar-refractivity contribution in [3.63, 3.8) is 0 Å². The Kier molecular flexibility index (Phi) is 0.619. The van der Waals surface area contributed by atoms with Crippen LogP contribution in [0.3, 0.4) is 0 Å². The molecule has 0 aliphatic rings. The number of anilines is 1. The lowest BCUT2D eigenvalue weighted by Crippen LogP contribution is -1.82. The van der Waals surface area contributed by atoms with Gasteiger partial charge in [-0.25, -0.2) is 5.10 Å². The molecule has 0 unspecified atom stereocenters. The standard InChI is InChI=1S/C2H4N4O/c3-1-2(7)5-6-4-1/h(H4,3,4,5,6,7). The Morgan fingerprint density at radius 3 is 2.57 bits per heavy atom. The van der Waals surface area contributed by atoms with Crippen molar-refractivity contribution in [2.24, 2.45) is 0 Å². The number of hydrogen-bond donors (Lipinski definition) is 3. The molecule has 0 saturated carbocycles. The van der Waals surface area contributed by atoms with Gasteiger partial charge in [0.05, 0.1) is 0 Å². The van der Waals surface area contributed by atoms with Crippen molar-refractivity contribution in [1.29, 1.82) is 0 Å². The molecule has 5 heteroatoms. The highest BCUT2D eigenvalue weighted by molar-refractivity contribution is 5.35. The lowest BCUT2D eigenvalue weighted by molar-refractivity contribution is 0.454. The Morgan fingerprint density at radius 1 is 1.71 bits per heavy atom. The van der Waals surface area contributed by atoms with E-state index in [0.29, 0.717) is 0 Å². The molecular weight excluding hydrogens is 96.0 g/mol. The molecule has 1 aromatic heterocycles. The Hall–Kier alpha value is -1.26. The van der Waals surface area contributed by atoms with Crippen molar-refractivity contribution < 1.29 is 5.11 Å². The molecular formula is C2H4N4O. The van der Waals surface area contributed by atoms with Gasteiger partial charge in [-0.3, -0.25) is 0 Å². The molecule has 4 N–H and O–H groups in total. The van der Waals surface area contributed by atoms with Crippen LogP contribution in [-0.2, 0) is 0 Å². The van der Waals surface area contributed by atoms with Crippen molar-refractivity contribution in [3.8, 4) is 5.88 Å². The first-order valence-electron chi connectivity index (χ1n) is 1.66. The quantitative estimate of drug-likeness (QED) is 0.394. The summed E-state index contributed by atoms with van der Waals surface area (Å²) < 4.78 is 0. The van der Waals surface area contributed by atoms with Gasteiger partial charge in [-0.05, 0) is 0 Å². The van der Waals surface area contributed by atoms with Crippen LogP contribution in [0.1, 0.15) is 0 Å². The van der Waals surface area contributed by atoms with Gasteiger partial charge in [0, 0.05) is 0 Å². The summed E-state index contributed by atoms with van der Waals surface area (Å²) in [5, 5.41) is 17.0. The largest absolute Gasteiger partial charge is 0.490 e. The van der Waals surface area contributed by atoms with Gasteiger partial charge in [-0.15, -0.1) is 0 Å². The summed E-state index contributed by atoms with van der Waals surface area (Å²) >= 11 is 0. The first-order valence-corrected chi connectivity index (χ1v) is 1.66. The zero-order valence-electron chi connectivity index (χ0n) is 3.42. The minimum atomic E-state index is -0.250. The van der Waals surface area contributed by atoms with Gasteiger partial charge in [0.15, 0.2) is 5.82 Å². The smallest absolute Gasteiger partial charge is 0.275 e. The second kappa shape index (κ2) is 1.11. The summed E-state index contributed by atoms with van der Waals surface area (Å²) in [6.07, 6.45) is 0. The van der Waals surface area contributed by atoms with E-state index in [0.717, 1.165) is 0 Å². The maximum Gasteiger partial charge on any atom is 0.275 e. The topological polar surface area (TPSA) is 87.8 Å². The van der Waals surface area contributed by atoms with Gasteiger partial charge in [0.2, 0.25) is 0 Å². The van der Waals surface area contributed by atoms with Crippen LogP contribution in [0.25, 0.3) is 0 Å². The number of nitrogens with zero attached hydrogens (tertiary/aromatic N) is 2. The number of nitrogen functional groups attached to an aromatic ring is 1. The van der Waals surface area contributed by atoms with Crippen molar-refractivity contribution in [2.45, 2.75) is 0 Å². The minimum Gasteiger partial charge on any atom is -0.490 e. The fourth-order valence-electron chi connectivity index (χ4n) is 0.230. The molecule has 0 atom stereocenters. The van der Waals surface area contributed by atoms with E-state index in [1.165, 1.54) is 0 Å².